The Morgan fingerprint density at radius 2 is 1.43 bits per heavy atom. The van der Waals surface area contributed by atoms with Gasteiger partial charge in [0.2, 0.25) is 5.13 Å². The minimum Gasteiger partial charge on any atom is -0.507 e. The molecule has 4 aromatic rings. The molecule has 0 amide bonds. The zero-order valence-electron chi connectivity index (χ0n) is 16.6. The van der Waals surface area contributed by atoms with Gasteiger partial charge < -0.3 is 14.6 Å². The molecule has 0 unspecified atom stereocenters. The van der Waals surface area contributed by atoms with Gasteiger partial charge in [-0.2, -0.15) is 0 Å². The van der Waals surface area contributed by atoms with Gasteiger partial charge in [-0.1, -0.05) is 23.5 Å². The Hall–Kier alpha value is -3.64. The van der Waals surface area contributed by atoms with Crippen LogP contribution >= 0.6 is 11.3 Å². The smallest absolute Gasteiger partial charge is 0.210 e. The molecule has 0 aliphatic heterocycles. The van der Waals surface area contributed by atoms with Crippen LogP contribution in [-0.4, -0.2) is 30.5 Å². The largest absolute Gasteiger partial charge is 0.507 e. The third-order valence-corrected chi connectivity index (χ3v) is 5.59. The van der Waals surface area contributed by atoms with Gasteiger partial charge in [0.25, 0.3) is 0 Å². The fourth-order valence-electron chi connectivity index (χ4n) is 2.97. The van der Waals surface area contributed by atoms with E-state index in [-0.39, 0.29) is 5.75 Å². The number of aromatic nitrogens is 1. The second-order valence-electron chi connectivity index (χ2n) is 6.45. The number of nitrogens with zero attached hydrogens (tertiary/aromatic N) is 2. The van der Waals surface area contributed by atoms with Gasteiger partial charge in [0, 0.05) is 17.3 Å². The third kappa shape index (κ3) is 4.18. The minimum absolute atomic E-state index is 0.184. The molecule has 0 atom stereocenters. The molecule has 0 saturated carbocycles. The average Bonchev–Trinajstić information content (AvgIpc) is 3.23. The molecule has 6 heteroatoms. The molecule has 0 spiro atoms. The third-order valence-electron chi connectivity index (χ3n) is 4.58. The number of benzene rings is 3. The first-order chi connectivity index (χ1) is 14.7. The number of ether oxygens (including phenoxy) is 2. The molecule has 0 aliphatic rings. The standard InChI is InChI=1S/C24H20N2O3S/c1-28-19-11-7-16(8-12-19)22-23(17-9-13-20(29-2)14-10-17)30-24(26-22)25-15-18-5-3-4-6-21(18)27/h3-15,27H,1-2H3. The van der Waals surface area contributed by atoms with Crippen LogP contribution in [0.5, 0.6) is 17.2 Å². The van der Waals surface area contributed by atoms with Gasteiger partial charge in [0.1, 0.15) is 17.2 Å². The van der Waals surface area contributed by atoms with E-state index in [9.17, 15) is 5.11 Å². The van der Waals surface area contributed by atoms with E-state index in [0.717, 1.165) is 33.2 Å². The van der Waals surface area contributed by atoms with E-state index >= 15 is 0 Å². The Kier molecular flexibility index (Phi) is 5.77. The number of phenolic OH excluding ortho intramolecular Hbond substituents is 1. The molecule has 3 aromatic carbocycles. The summed E-state index contributed by atoms with van der Waals surface area (Å²) in [6, 6.07) is 22.7. The fraction of sp³-hybridized carbons (Fsp3) is 0.0833. The van der Waals surface area contributed by atoms with Gasteiger partial charge in [-0.3, -0.25) is 0 Å². The van der Waals surface area contributed by atoms with Gasteiger partial charge in [0.05, 0.1) is 24.8 Å². The first-order valence-electron chi connectivity index (χ1n) is 9.29. The molecule has 150 valence electrons. The summed E-state index contributed by atoms with van der Waals surface area (Å²) in [5, 5.41) is 10.6. The number of rotatable bonds is 6. The summed E-state index contributed by atoms with van der Waals surface area (Å²) in [4.78, 5) is 10.3. The van der Waals surface area contributed by atoms with Gasteiger partial charge in [-0.15, -0.1) is 0 Å². The molecule has 0 saturated heterocycles. The predicted molar refractivity (Wildman–Crippen MR) is 121 cm³/mol. The van der Waals surface area contributed by atoms with Crippen molar-refractivity contribution in [2.75, 3.05) is 14.2 Å². The van der Waals surface area contributed by atoms with Gasteiger partial charge in [-0.05, 0) is 66.2 Å². The minimum atomic E-state index is 0.184. The molecule has 4 rings (SSSR count). The van der Waals surface area contributed by atoms with E-state index in [1.165, 1.54) is 11.3 Å². The van der Waals surface area contributed by atoms with E-state index in [2.05, 4.69) is 4.99 Å². The molecule has 30 heavy (non-hydrogen) atoms. The molecule has 5 nitrogen and oxygen atoms in total. The van der Waals surface area contributed by atoms with Crippen molar-refractivity contribution < 1.29 is 14.6 Å². The summed E-state index contributed by atoms with van der Waals surface area (Å²) in [5.74, 6) is 1.77. The van der Waals surface area contributed by atoms with Crippen LogP contribution in [0.2, 0.25) is 0 Å². The van der Waals surface area contributed by atoms with Crippen LogP contribution in [0, 0.1) is 0 Å². The van der Waals surface area contributed by atoms with Crippen molar-refractivity contribution in [3.05, 3.63) is 78.4 Å². The SMILES string of the molecule is COc1ccc(-c2nc(N=Cc3ccccc3O)sc2-c2ccc(OC)cc2)cc1. The van der Waals surface area contributed by atoms with Crippen molar-refractivity contribution in [3.63, 3.8) is 0 Å². The predicted octanol–water partition coefficient (Wildman–Crippen LogP) is 5.95. The first kappa shape index (κ1) is 19.7. The lowest BCUT2D eigenvalue weighted by Gasteiger charge is -2.05. The van der Waals surface area contributed by atoms with Crippen molar-refractivity contribution in [2.24, 2.45) is 4.99 Å². The van der Waals surface area contributed by atoms with Crippen LogP contribution in [0.15, 0.2) is 77.8 Å². The molecule has 0 aliphatic carbocycles. The maximum Gasteiger partial charge on any atom is 0.210 e. The highest BCUT2D eigenvalue weighted by atomic mass is 32.1. The van der Waals surface area contributed by atoms with Gasteiger partial charge in [0.15, 0.2) is 0 Å². The second kappa shape index (κ2) is 8.80. The molecular weight excluding hydrogens is 396 g/mol. The van der Waals surface area contributed by atoms with Crippen LogP contribution in [0.3, 0.4) is 0 Å². The van der Waals surface area contributed by atoms with E-state index in [0.29, 0.717) is 10.7 Å². The summed E-state index contributed by atoms with van der Waals surface area (Å²) in [5.41, 5.74) is 3.49. The van der Waals surface area contributed by atoms with Gasteiger partial charge >= 0.3 is 0 Å². The van der Waals surface area contributed by atoms with Gasteiger partial charge in [-0.25, -0.2) is 9.98 Å². The lowest BCUT2D eigenvalue weighted by atomic mass is 10.1. The normalized spacial score (nSPS) is 11.0. The molecule has 0 fully saturated rings. The van der Waals surface area contributed by atoms with E-state index < -0.39 is 0 Å². The summed E-state index contributed by atoms with van der Waals surface area (Å²) >= 11 is 1.49. The monoisotopic (exact) mass is 416 g/mol. The Morgan fingerprint density at radius 3 is 2.03 bits per heavy atom. The van der Waals surface area contributed by atoms with Crippen LogP contribution in [-0.2, 0) is 0 Å². The van der Waals surface area contributed by atoms with Crippen molar-refractivity contribution in [1.82, 2.24) is 4.98 Å². The summed E-state index contributed by atoms with van der Waals surface area (Å²) in [6.07, 6.45) is 1.63. The number of phenols is 1. The van der Waals surface area contributed by atoms with E-state index in [4.69, 9.17) is 14.5 Å². The lowest BCUT2D eigenvalue weighted by Crippen LogP contribution is -1.86. The van der Waals surface area contributed by atoms with Crippen molar-refractivity contribution >= 4 is 22.7 Å². The van der Waals surface area contributed by atoms with Crippen LogP contribution in [0.1, 0.15) is 5.56 Å². The van der Waals surface area contributed by atoms with Crippen molar-refractivity contribution in [2.45, 2.75) is 0 Å². The Bertz CT molecular complexity index is 1100. The number of hydrogen-bond acceptors (Lipinski definition) is 6. The number of aromatic hydroxyl groups is 1. The Balaban J connectivity index is 1.76. The number of aliphatic imine (C=N–C) groups is 1. The number of methoxy groups -OCH3 is 2. The van der Waals surface area contributed by atoms with Crippen molar-refractivity contribution in [3.8, 4) is 38.9 Å². The Morgan fingerprint density at radius 1 is 0.833 bits per heavy atom. The highest BCUT2D eigenvalue weighted by Crippen LogP contribution is 2.41. The van der Waals surface area contributed by atoms with Crippen LogP contribution < -0.4 is 9.47 Å². The molecule has 1 aromatic heterocycles. The molecular formula is C24H20N2O3S. The maximum absolute atomic E-state index is 9.97. The quantitative estimate of drug-likeness (QED) is 0.395. The van der Waals surface area contributed by atoms with E-state index in [1.807, 2.05) is 54.6 Å². The number of para-hydroxylation sites is 1. The van der Waals surface area contributed by atoms with Crippen LogP contribution in [0.4, 0.5) is 5.13 Å². The van der Waals surface area contributed by atoms with E-state index in [1.54, 1.807) is 38.6 Å². The zero-order valence-corrected chi connectivity index (χ0v) is 17.4. The fourth-order valence-corrected chi connectivity index (χ4v) is 3.91. The highest BCUT2D eigenvalue weighted by molar-refractivity contribution is 7.19. The summed E-state index contributed by atoms with van der Waals surface area (Å²) < 4.78 is 10.5. The molecule has 1 heterocycles. The number of hydrogen-bond donors (Lipinski definition) is 1. The summed E-state index contributed by atoms with van der Waals surface area (Å²) in [7, 11) is 3.29. The second-order valence-corrected chi connectivity index (χ2v) is 7.43. The maximum atomic E-state index is 9.97. The average molecular weight is 417 g/mol. The molecule has 0 bridgehead atoms. The summed E-state index contributed by atoms with van der Waals surface area (Å²) in [6.45, 7) is 0. The molecule has 1 N–H and O–H groups in total. The van der Waals surface area contributed by atoms with Crippen LogP contribution in [0.25, 0.3) is 21.7 Å². The first-order valence-corrected chi connectivity index (χ1v) is 10.1. The topological polar surface area (TPSA) is 63.9 Å². The number of thiazole rings is 1. The molecule has 0 radical (unpaired) electrons. The Labute approximate surface area is 178 Å². The highest BCUT2D eigenvalue weighted by Gasteiger charge is 2.15. The zero-order chi connectivity index (χ0) is 20.9. The van der Waals surface area contributed by atoms with Crippen molar-refractivity contribution in [1.29, 1.82) is 0 Å². The lowest BCUT2D eigenvalue weighted by molar-refractivity contribution is 0.414.